The Morgan fingerprint density at radius 3 is 2.69 bits per heavy atom. The van der Waals surface area contributed by atoms with Gasteiger partial charge in [0.25, 0.3) is 0 Å². The molecule has 0 aromatic rings. The fraction of sp³-hybridized carbons (Fsp3) is 1.00. The zero-order valence-corrected chi connectivity index (χ0v) is 9.05. The first kappa shape index (κ1) is 11.0. The van der Waals surface area contributed by atoms with E-state index in [1.54, 1.807) is 0 Å². The van der Waals surface area contributed by atoms with Crippen molar-refractivity contribution in [1.82, 2.24) is 10.6 Å². The Morgan fingerprint density at radius 1 is 1.38 bits per heavy atom. The summed E-state index contributed by atoms with van der Waals surface area (Å²) in [5.74, 6) is 0. The highest BCUT2D eigenvalue weighted by Gasteiger charge is 2.17. The zero-order valence-electron chi connectivity index (χ0n) is 9.05. The highest BCUT2D eigenvalue weighted by atomic mass is 15.1. The second-order valence-corrected chi connectivity index (χ2v) is 4.07. The smallest absolute Gasteiger partial charge is 0.0710 e. The molecule has 0 aromatic carbocycles. The third-order valence-corrected chi connectivity index (χ3v) is 2.73. The first-order valence-electron chi connectivity index (χ1n) is 5.76. The molecule has 2 nitrogen and oxygen atoms in total. The van der Waals surface area contributed by atoms with Crippen LogP contribution in [0.3, 0.4) is 0 Å². The zero-order chi connectivity index (χ0) is 9.52. The van der Waals surface area contributed by atoms with Crippen LogP contribution in [-0.2, 0) is 0 Å². The Hall–Kier alpha value is -0.0800. The summed E-state index contributed by atoms with van der Waals surface area (Å²) in [6.45, 7) is 5.52. The third kappa shape index (κ3) is 4.63. The van der Waals surface area contributed by atoms with Gasteiger partial charge in [-0.3, -0.25) is 0 Å². The maximum absolute atomic E-state index is 4.74. The highest BCUT2D eigenvalue weighted by Crippen LogP contribution is 2.18. The van der Waals surface area contributed by atoms with E-state index in [1.165, 1.54) is 38.5 Å². The molecular weight excluding hydrogens is 160 g/mol. The molecule has 1 fully saturated rings. The van der Waals surface area contributed by atoms with Crippen LogP contribution in [0, 0.1) is 0 Å². The van der Waals surface area contributed by atoms with Crippen LogP contribution in [0.2, 0.25) is 0 Å². The fourth-order valence-electron chi connectivity index (χ4n) is 1.91. The molecule has 1 aliphatic carbocycles. The lowest BCUT2D eigenvalue weighted by Crippen LogP contribution is -2.39. The van der Waals surface area contributed by atoms with Crippen molar-refractivity contribution in [2.75, 3.05) is 6.54 Å². The minimum atomic E-state index is 0.370. The van der Waals surface area contributed by atoms with Crippen LogP contribution in [0.15, 0.2) is 0 Å². The maximum atomic E-state index is 4.74. The Kier molecular flexibility index (Phi) is 5.40. The van der Waals surface area contributed by atoms with E-state index in [0.29, 0.717) is 12.2 Å². The van der Waals surface area contributed by atoms with Crippen LogP contribution >= 0.6 is 0 Å². The minimum absolute atomic E-state index is 0.370. The molecular formula is C11H23N2. The van der Waals surface area contributed by atoms with Crippen LogP contribution in [0.4, 0.5) is 0 Å². The van der Waals surface area contributed by atoms with E-state index in [-0.39, 0.29) is 0 Å². The van der Waals surface area contributed by atoms with Crippen LogP contribution in [0.1, 0.15) is 52.4 Å². The van der Waals surface area contributed by atoms with E-state index >= 15 is 0 Å². The number of hydrogen-bond acceptors (Lipinski definition) is 1. The number of unbranched alkanes of at least 4 members (excludes halogenated alkanes) is 1. The molecule has 2 heteroatoms. The van der Waals surface area contributed by atoms with Gasteiger partial charge in [-0.1, -0.05) is 26.2 Å². The molecule has 0 amide bonds. The van der Waals surface area contributed by atoms with Crippen molar-refractivity contribution in [3.8, 4) is 0 Å². The van der Waals surface area contributed by atoms with Gasteiger partial charge in [0.15, 0.2) is 0 Å². The third-order valence-electron chi connectivity index (χ3n) is 2.73. The van der Waals surface area contributed by atoms with Crippen molar-refractivity contribution in [2.24, 2.45) is 0 Å². The van der Waals surface area contributed by atoms with Crippen molar-refractivity contribution in [1.29, 1.82) is 0 Å². The fourth-order valence-corrected chi connectivity index (χ4v) is 1.91. The van der Waals surface area contributed by atoms with E-state index in [0.717, 1.165) is 6.54 Å². The predicted octanol–water partition coefficient (Wildman–Crippen LogP) is 2.27. The van der Waals surface area contributed by atoms with Gasteiger partial charge in [-0.2, -0.15) is 0 Å². The van der Waals surface area contributed by atoms with Crippen molar-refractivity contribution < 1.29 is 0 Å². The van der Waals surface area contributed by atoms with E-state index in [4.69, 9.17) is 5.32 Å². The summed E-state index contributed by atoms with van der Waals surface area (Å²) >= 11 is 0. The van der Waals surface area contributed by atoms with Crippen LogP contribution < -0.4 is 10.6 Å². The van der Waals surface area contributed by atoms with Gasteiger partial charge in [0.2, 0.25) is 0 Å². The lowest BCUT2D eigenvalue weighted by molar-refractivity contribution is 0.381. The standard InChI is InChI=1S/C11H23N2/c1-3-4-9-12-10(2)13-11-7-5-6-8-11/h10-12H,3-9H2,1-2H3. The molecule has 0 heterocycles. The minimum Gasteiger partial charge on any atom is -0.301 e. The van der Waals surface area contributed by atoms with E-state index < -0.39 is 0 Å². The molecule has 77 valence electrons. The second-order valence-electron chi connectivity index (χ2n) is 4.07. The summed E-state index contributed by atoms with van der Waals surface area (Å²) in [7, 11) is 0. The van der Waals surface area contributed by atoms with Crippen LogP contribution in [0.25, 0.3) is 0 Å². The Morgan fingerprint density at radius 2 is 2.08 bits per heavy atom. The first-order chi connectivity index (χ1) is 6.33. The highest BCUT2D eigenvalue weighted by molar-refractivity contribution is 4.75. The molecule has 13 heavy (non-hydrogen) atoms. The predicted molar refractivity (Wildman–Crippen MR) is 56.8 cm³/mol. The lowest BCUT2D eigenvalue weighted by atomic mass is 10.2. The van der Waals surface area contributed by atoms with Crippen LogP contribution in [0.5, 0.6) is 0 Å². The topological polar surface area (TPSA) is 26.1 Å². The Labute approximate surface area is 82.5 Å². The van der Waals surface area contributed by atoms with Gasteiger partial charge in [-0.15, -0.1) is 0 Å². The van der Waals surface area contributed by atoms with E-state index in [2.05, 4.69) is 19.2 Å². The van der Waals surface area contributed by atoms with Gasteiger partial charge in [0.1, 0.15) is 0 Å². The SMILES string of the molecule is CCCCNC(C)[N]C1CCCC1. The first-order valence-corrected chi connectivity index (χ1v) is 5.76. The van der Waals surface area contributed by atoms with Gasteiger partial charge in [0.05, 0.1) is 6.17 Å². The average Bonchev–Trinajstić information content (AvgIpc) is 2.57. The summed E-state index contributed by atoms with van der Waals surface area (Å²) in [5.41, 5.74) is 0. The molecule has 0 saturated heterocycles. The summed E-state index contributed by atoms with van der Waals surface area (Å²) in [5, 5.41) is 8.18. The summed E-state index contributed by atoms with van der Waals surface area (Å²) in [6.07, 6.45) is 8.31. The second kappa shape index (κ2) is 6.39. The number of rotatable bonds is 6. The maximum Gasteiger partial charge on any atom is 0.0710 e. The van der Waals surface area contributed by atoms with Gasteiger partial charge in [0, 0.05) is 6.04 Å². The lowest BCUT2D eigenvalue weighted by Gasteiger charge is -2.17. The largest absolute Gasteiger partial charge is 0.301 e. The van der Waals surface area contributed by atoms with Crippen LogP contribution in [-0.4, -0.2) is 18.8 Å². The van der Waals surface area contributed by atoms with Crippen molar-refractivity contribution in [3.63, 3.8) is 0 Å². The van der Waals surface area contributed by atoms with Crippen molar-refractivity contribution >= 4 is 0 Å². The molecule has 1 rings (SSSR count). The van der Waals surface area contributed by atoms with E-state index in [9.17, 15) is 0 Å². The molecule has 1 saturated carbocycles. The molecule has 0 bridgehead atoms. The number of nitrogens with zero attached hydrogens (tertiary/aromatic N) is 1. The Bertz CT molecular complexity index is 119. The van der Waals surface area contributed by atoms with Crippen molar-refractivity contribution in [2.45, 2.75) is 64.6 Å². The molecule has 1 radical (unpaired) electrons. The monoisotopic (exact) mass is 183 g/mol. The molecule has 1 unspecified atom stereocenters. The van der Waals surface area contributed by atoms with Gasteiger partial charge < -0.3 is 5.32 Å². The molecule has 0 spiro atoms. The normalized spacial score (nSPS) is 20.8. The quantitative estimate of drug-likeness (QED) is 0.628. The Balaban J connectivity index is 1.99. The van der Waals surface area contributed by atoms with E-state index in [1.807, 2.05) is 0 Å². The number of hydrogen-bond donors (Lipinski definition) is 1. The summed E-state index contributed by atoms with van der Waals surface area (Å²) < 4.78 is 0. The average molecular weight is 183 g/mol. The molecule has 0 aromatic heterocycles. The number of nitrogens with one attached hydrogen (secondary N) is 1. The van der Waals surface area contributed by atoms with Gasteiger partial charge >= 0.3 is 0 Å². The van der Waals surface area contributed by atoms with Gasteiger partial charge in [-0.25, -0.2) is 5.32 Å². The molecule has 1 atom stereocenters. The summed E-state index contributed by atoms with van der Waals surface area (Å²) in [6, 6.07) is 0.657. The molecule has 1 aliphatic rings. The molecule has 0 aliphatic heterocycles. The van der Waals surface area contributed by atoms with Gasteiger partial charge in [-0.05, 0) is 32.7 Å². The summed E-state index contributed by atoms with van der Waals surface area (Å²) in [4.78, 5) is 0. The molecule has 1 N–H and O–H groups in total. The van der Waals surface area contributed by atoms with Crippen molar-refractivity contribution in [3.05, 3.63) is 0 Å².